The molecule has 0 aliphatic carbocycles. The first-order valence-corrected chi connectivity index (χ1v) is 14.0. The average molecular weight is 605 g/mol. The number of anilines is 1. The van der Waals surface area contributed by atoms with Gasteiger partial charge in [0.25, 0.3) is 5.91 Å². The van der Waals surface area contributed by atoms with E-state index in [1.54, 1.807) is 60.7 Å². The van der Waals surface area contributed by atoms with Crippen LogP contribution in [0.25, 0.3) is 0 Å². The molecule has 216 valence electrons. The molecule has 4 aromatic rings. The van der Waals surface area contributed by atoms with Gasteiger partial charge in [0.05, 0.1) is 0 Å². The van der Waals surface area contributed by atoms with Crippen LogP contribution < -0.4 is 26.4 Å². The first kappa shape index (κ1) is 30.4. The molecular weight excluding hydrogens is 573 g/mol. The monoisotopic (exact) mass is 603 g/mol. The van der Waals surface area contributed by atoms with Gasteiger partial charge in [0, 0.05) is 45.0 Å². The standard InChI is InChI=1S/C32H31Cl2N5O3/c1-20(18-37-25-12-7-22(8-13-25)30(35)36)38-32(41)29(27-16-11-24(33)17-28(27)34)39-31(40)23-9-14-26(15-10-23)42-19-21-5-3-2-4-6-21/h2-17,20,29,37H,18-19H2,1H3,(H3,35,36)(H,38,41)(H,39,40)/t20-,29?/m0/s1. The van der Waals surface area contributed by atoms with Crippen molar-refractivity contribution in [2.45, 2.75) is 25.6 Å². The van der Waals surface area contributed by atoms with E-state index in [0.717, 1.165) is 11.3 Å². The third kappa shape index (κ3) is 8.49. The minimum Gasteiger partial charge on any atom is -0.489 e. The molecule has 42 heavy (non-hydrogen) atoms. The topological polar surface area (TPSA) is 129 Å². The molecule has 0 heterocycles. The molecule has 6 N–H and O–H groups in total. The van der Waals surface area contributed by atoms with Crippen LogP contribution in [0.15, 0.2) is 97.1 Å². The van der Waals surface area contributed by atoms with Gasteiger partial charge < -0.3 is 26.4 Å². The van der Waals surface area contributed by atoms with Gasteiger partial charge in [0.2, 0.25) is 5.91 Å². The number of benzene rings is 4. The zero-order valence-corrected chi connectivity index (χ0v) is 24.4. The van der Waals surface area contributed by atoms with Crippen molar-refractivity contribution in [2.75, 3.05) is 11.9 Å². The van der Waals surface area contributed by atoms with Crippen LogP contribution in [-0.4, -0.2) is 30.2 Å². The summed E-state index contributed by atoms with van der Waals surface area (Å²) in [4.78, 5) is 26.7. The third-order valence-electron chi connectivity index (χ3n) is 6.37. The molecule has 8 nitrogen and oxygen atoms in total. The molecular formula is C32H31Cl2N5O3. The summed E-state index contributed by atoms with van der Waals surface area (Å²) in [7, 11) is 0. The highest BCUT2D eigenvalue weighted by molar-refractivity contribution is 6.35. The zero-order valence-electron chi connectivity index (χ0n) is 22.9. The van der Waals surface area contributed by atoms with E-state index in [-0.39, 0.29) is 16.9 Å². The van der Waals surface area contributed by atoms with Crippen molar-refractivity contribution in [3.05, 3.63) is 129 Å². The van der Waals surface area contributed by atoms with E-state index in [1.165, 1.54) is 6.07 Å². The third-order valence-corrected chi connectivity index (χ3v) is 6.94. The van der Waals surface area contributed by atoms with Gasteiger partial charge in [-0.1, -0.05) is 59.6 Å². The number of amidine groups is 1. The van der Waals surface area contributed by atoms with E-state index in [0.29, 0.717) is 40.6 Å². The van der Waals surface area contributed by atoms with Gasteiger partial charge in [-0.25, -0.2) is 0 Å². The molecule has 0 saturated carbocycles. The van der Waals surface area contributed by atoms with Gasteiger partial charge in [0.15, 0.2) is 0 Å². The molecule has 4 rings (SSSR count). The number of nitrogens with one attached hydrogen (secondary N) is 4. The highest BCUT2D eigenvalue weighted by atomic mass is 35.5. The summed E-state index contributed by atoms with van der Waals surface area (Å²) in [5.41, 5.74) is 8.74. The Bertz CT molecular complexity index is 1530. The highest BCUT2D eigenvalue weighted by Crippen LogP contribution is 2.27. The second-order valence-electron chi connectivity index (χ2n) is 9.65. The fourth-order valence-corrected chi connectivity index (χ4v) is 4.61. The Morgan fingerprint density at radius 2 is 1.55 bits per heavy atom. The lowest BCUT2D eigenvalue weighted by Crippen LogP contribution is -2.45. The molecule has 0 saturated heterocycles. The number of carbonyl (C=O) groups is 2. The van der Waals surface area contributed by atoms with Gasteiger partial charge in [-0.3, -0.25) is 15.0 Å². The van der Waals surface area contributed by atoms with Crippen molar-refractivity contribution < 1.29 is 14.3 Å². The van der Waals surface area contributed by atoms with Gasteiger partial charge in [-0.2, -0.15) is 0 Å². The molecule has 4 aromatic carbocycles. The van der Waals surface area contributed by atoms with Crippen molar-refractivity contribution in [3.63, 3.8) is 0 Å². The molecule has 0 fully saturated rings. The van der Waals surface area contributed by atoms with E-state index in [4.69, 9.17) is 39.1 Å². The van der Waals surface area contributed by atoms with Crippen molar-refractivity contribution >= 4 is 46.5 Å². The minimum atomic E-state index is -1.08. The molecule has 0 spiro atoms. The molecule has 10 heteroatoms. The zero-order chi connectivity index (χ0) is 30.1. The predicted octanol–water partition coefficient (Wildman–Crippen LogP) is 5.94. The van der Waals surface area contributed by atoms with Gasteiger partial charge in [-0.15, -0.1) is 0 Å². The van der Waals surface area contributed by atoms with E-state index in [2.05, 4.69) is 16.0 Å². The Morgan fingerprint density at radius 1 is 0.881 bits per heavy atom. The van der Waals surface area contributed by atoms with E-state index < -0.39 is 17.9 Å². The van der Waals surface area contributed by atoms with Crippen LogP contribution in [-0.2, 0) is 11.4 Å². The number of amides is 2. The van der Waals surface area contributed by atoms with Crippen molar-refractivity contribution in [1.29, 1.82) is 5.41 Å². The van der Waals surface area contributed by atoms with E-state index >= 15 is 0 Å². The number of hydrogen-bond donors (Lipinski definition) is 5. The number of rotatable bonds is 12. The van der Waals surface area contributed by atoms with Gasteiger partial charge in [0.1, 0.15) is 24.2 Å². The maximum Gasteiger partial charge on any atom is 0.252 e. The minimum absolute atomic E-state index is 0.0107. The largest absolute Gasteiger partial charge is 0.489 e. The fourth-order valence-electron chi connectivity index (χ4n) is 4.09. The van der Waals surface area contributed by atoms with E-state index in [1.807, 2.05) is 37.3 Å². The number of halogens is 2. The van der Waals surface area contributed by atoms with Crippen LogP contribution in [0.5, 0.6) is 5.75 Å². The van der Waals surface area contributed by atoms with Crippen LogP contribution >= 0.6 is 23.2 Å². The molecule has 2 atom stereocenters. The molecule has 0 aromatic heterocycles. The maximum atomic E-state index is 13.5. The SMILES string of the molecule is C[C@@H](CNc1ccc(C(=N)N)cc1)NC(=O)C(NC(=O)c1ccc(OCc2ccccc2)cc1)c1ccc(Cl)cc1Cl. The Labute approximate surface area is 254 Å². The van der Waals surface area contributed by atoms with Gasteiger partial charge >= 0.3 is 0 Å². The lowest BCUT2D eigenvalue weighted by atomic mass is 10.0. The summed E-state index contributed by atoms with van der Waals surface area (Å²) in [6.45, 7) is 2.65. The lowest BCUT2D eigenvalue weighted by molar-refractivity contribution is -0.123. The van der Waals surface area contributed by atoms with Crippen molar-refractivity contribution in [3.8, 4) is 5.75 Å². The molecule has 0 bridgehead atoms. The molecule has 1 unspecified atom stereocenters. The summed E-state index contributed by atoms with van der Waals surface area (Å²) in [5.74, 6) is -0.283. The Morgan fingerprint density at radius 3 is 2.19 bits per heavy atom. The number of carbonyl (C=O) groups excluding carboxylic acids is 2. The van der Waals surface area contributed by atoms with E-state index in [9.17, 15) is 9.59 Å². The van der Waals surface area contributed by atoms with Crippen LogP contribution in [0.3, 0.4) is 0 Å². The van der Waals surface area contributed by atoms with Crippen LogP contribution in [0.1, 0.15) is 40.0 Å². The predicted molar refractivity (Wildman–Crippen MR) is 167 cm³/mol. The Kier molecular flexibility index (Phi) is 10.4. The fraction of sp³-hybridized carbons (Fsp3) is 0.156. The summed E-state index contributed by atoms with van der Waals surface area (Å²) in [5, 5.41) is 17.2. The smallest absolute Gasteiger partial charge is 0.252 e. The Balaban J connectivity index is 1.42. The first-order chi connectivity index (χ1) is 20.2. The summed E-state index contributed by atoms with van der Waals surface area (Å²) in [6.07, 6.45) is 0. The van der Waals surface area contributed by atoms with Gasteiger partial charge in [-0.05, 0) is 73.2 Å². The van der Waals surface area contributed by atoms with Crippen LogP contribution in [0.2, 0.25) is 10.0 Å². The average Bonchev–Trinajstić information content (AvgIpc) is 2.99. The van der Waals surface area contributed by atoms with Crippen molar-refractivity contribution in [1.82, 2.24) is 10.6 Å². The van der Waals surface area contributed by atoms with Crippen molar-refractivity contribution in [2.24, 2.45) is 5.73 Å². The van der Waals surface area contributed by atoms with Crippen LogP contribution in [0, 0.1) is 5.41 Å². The number of ether oxygens (including phenoxy) is 1. The first-order valence-electron chi connectivity index (χ1n) is 13.2. The second-order valence-corrected chi connectivity index (χ2v) is 10.5. The number of nitrogen functional groups attached to an aromatic ring is 1. The van der Waals surface area contributed by atoms with Crippen LogP contribution in [0.4, 0.5) is 5.69 Å². The number of nitrogens with two attached hydrogens (primary N) is 1. The number of hydrogen-bond acceptors (Lipinski definition) is 5. The normalized spacial score (nSPS) is 12.1. The molecule has 2 amide bonds. The quantitative estimate of drug-likeness (QED) is 0.101. The lowest BCUT2D eigenvalue weighted by Gasteiger charge is -2.23. The highest BCUT2D eigenvalue weighted by Gasteiger charge is 2.26. The Hall–Kier alpha value is -4.53. The second kappa shape index (κ2) is 14.4. The summed E-state index contributed by atoms with van der Waals surface area (Å²) in [6, 6.07) is 26.9. The molecule has 0 radical (unpaired) electrons. The molecule has 0 aliphatic rings. The maximum absolute atomic E-state index is 13.5. The summed E-state index contributed by atoms with van der Waals surface area (Å²) >= 11 is 12.5. The summed E-state index contributed by atoms with van der Waals surface area (Å²) < 4.78 is 5.81. The molecule has 0 aliphatic heterocycles.